The molecule has 0 aromatic heterocycles. The summed E-state index contributed by atoms with van der Waals surface area (Å²) in [5.74, 6) is -0.835. The fraction of sp³-hybridized carbons (Fsp3) is 0.0667. The van der Waals surface area contributed by atoms with Gasteiger partial charge in [-0.3, -0.25) is 9.59 Å². The summed E-state index contributed by atoms with van der Waals surface area (Å²) in [6.45, 7) is 1.94. The van der Waals surface area contributed by atoms with E-state index in [1.165, 1.54) is 0 Å². The number of carbonyl (C=O) groups excluding carboxylic acids is 2. The predicted octanol–water partition coefficient (Wildman–Crippen LogP) is 2.95. The lowest BCUT2D eigenvalue weighted by Crippen LogP contribution is -2.18. The molecule has 3 N–H and O–H groups in total. The third-order valence-corrected chi connectivity index (χ3v) is 4.07. The molecule has 0 spiro atoms. The summed E-state index contributed by atoms with van der Waals surface area (Å²) in [6, 6.07) is 12.1. The van der Waals surface area contributed by atoms with E-state index in [4.69, 9.17) is 5.73 Å². The SMILES string of the molecule is Cc1cc(C(=O)Nc2ccccc2C(N)=O)ccc1I. The molecule has 0 saturated carbocycles. The van der Waals surface area contributed by atoms with Crippen LogP contribution in [0.4, 0.5) is 5.69 Å². The average Bonchev–Trinajstić information content (AvgIpc) is 2.42. The molecule has 0 unspecified atom stereocenters. The molecule has 0 heterocycles. The average molecular weight is 380 g/mol. The van der Waals surface area contributed by atoms with Gasteiger partial charge in [-0.25, -0.2) is 0 Å². The maximum Gasteiger partial charge on any atom is 0.255 e. The van der Waals surface area contributed by atoms with Crippen LogP contribution in [0.15, 0.2) is 42.5 Å². The van der Waals surface area contributed by atoms with Crippen LogP contribution in [0, 0.1) is 10.5 Å². The van der Waals surface area contributed by atoms with Crippen molar-refractivity contribution in [1.82, 2.24) is 0 Å². The Morgan fingerprint density at radius 1 is 1.15 bits per heavy atom. The van der Waals surface area contributed by atoms with Gasteiger partial charge in [-0.2, -0.15) is 0 Å². The summed E-state index contributed by atoms with van der Waals surface area (Å²) in [5.41, 5.74) is 7.57. The molecule has 102 valence electrons. The Labute approximate surface area is 130 Å². The van der Waals surface area contributed by atoms with E-state index in [9.17, 15) is 9.59 Å². The number of hydrogen-bond acceptors (Lipinski definition) is 2. The van der Waals surface area contributed by atoms with Gasteiger partial charge < -0.3 is 11.1 Å². The van der Waals surface area contributed by atoms with Crippen molar-refractivity contribution >= 4 is 40.1 Å². The van der Waals surface area contributed by atoms with Gasteiger partial charge in [0, 0.05) is 9.13 Å². The van der Waals surface area contributed by atoms with Gasteiger partial charge in [0.2, 0.25) is 0 Å². The fourth-order valence-electron chi connectivity index (χ4n) is 1.79. The van der Waals surface area contributed by atoms with Crippen LogP contribution in [0.25, 0.3) is 0 Å². The number of nitrogens with one attached hydrogen (secondary N) is 1. The highest BCUT2D eigenvalue weighted by molar-refractivity contribution is 14.1. The van der Waals surface area contributed by atoms with Crippen molar-refractivity contribution in [2.45, 2.75) is 6.92 Å². The lowest BCUT2D eigenvalue weighted by molar-refractivity contribution is 0.100. The number of aryl methyl sites for hydroxylation is 1. The zero-order chi connectivity index (χ0) is 14.7. The molecular weight excluding hydrogens is 367 g/mol. The highest BCUT2D eigenvalue weighted by Crippen LogP contribution is 2.17. The van der Waals surface area contributed by atoms with Gasteiger partial charge in [0.05, 0.1) is 11.3 Å². The lowest BCUT2D eigenvalue weighted by atomic mass is 10.1. The molecule has 2 aromatic carbocycles. The van der Waals surface area contributed by atoms with Crippen molar-refractivity contribution in [2.24, 2.45) is 5.73 Å². The Hall–Kier alpha value is -1.89. The third-order valence-electron chi connectivity index (χ3n) is 2.86. The van der Waals surface area contributed by atoms with Crippen LogP contribution < -0.4 is 11.1 Å². The van der Waals surface area contributed by atoms with Crippen molar-refractivity contribution in [2.75, 3.05) is 5.32 Å². The summed E-state index contributed by atoms with van der Waals surface area (Å²) < 4.78 is 1.09. The van der Waals surface area contributed by atoms with Gasteiger partial charge in [0.15, 0.2) is 0 Å². The molecule has 2 amide bonds. The molecule has 0 aliphatic heterocycles. The summed E-state index contributed by atoms with van der Waals surface area (Å²) >= 11 is 2.21. The molecule has 0 atom stereocenters. The number of rotatable bonds is 3. The van der Waals surface area contributed by atoms with E-state index in [1.54, 1.807) is 30.3 Å². The lowest BCUT2D eigenvalue weighted by Gasteiger charge is -2.09. The highest BCUT2D eigenvalue weighted by atomic mass is 127. The van der Waals surface area contributed by atoms with Crippen molar-refractivity contribution in [3.05, 3.63) is 62.7 Å². The second kappa shape index (κ2) is 6.04. The number of anilines is 1. The van der Waals surface area contributed by atoms with Gasteiger partial charge in [0.25, 0.3) is 11.8 Å². The van der Waals surface area contributed by atoms with Crippen LogP contribution >= 0.6 is 22.6 Å². The fourth-order valence-corrected chi connectivity index (χ4v) is 2.12. The predicted molar refractivity (Wildman–Crippen MR) is 86.8 cm³/mol. The molecular formula is C15H13IN2O2. The number of carbonyl (C=O) groups is 2. The van der Waals surface area contributed by atoms with Crippen molar-refractivity contribution in [1.29, 1.82) is 0 Å². The first-order valence-corrected chi connectivity index (χ1v) is 7.03. The molecule has 0 radical (unpaired) electrons. The quantitative estimate of drug-likeness (QED) is 0.804. The van der Waals surface area contributed by atoms with Gasteiger partial charge in [-0.1, -0.05) is 12.1 Å². The zero-order valence-corrected chi connectivity index (χ0v) is 13.0. The number of benzene rings is 2. The summed E-state index contributed by atoms with van der Waals surface area (Å²) in [7, 11) is 0. The minimum absolute atomic E-state index is 0.266. The highest BCUT2D eigenvalue weighted by Gasteiger charge is 2.12. The standard InChI is InChI=1S/C15H13IN2O2/c1-9-8-10(6-7-12(9)16)15(20)18-13-5-3-2-4-11(13)14(17)19/h2-8H,1H3,(H2,17,19)(H,18,20). The molecule has 0 fully saturated rings. The Bertz CT molecular complexity index is 683. The largest absolute Gasteiger partial charge is 0.366 e. The number of para-hydroxylation sites is 1. The number of amides is 2. The normalized spacial score (nSPS) is 10.1. The monoisotopic (exact) mass is 380 g/mol. The minimum atomic E-state index is -0.570. The molecule has 0 bridgehead atoms. The summed E-state index contributed by atoms with van der Waals surface area (Å²) in [4.78, 5) is 23.5. The van der Waals surface area contributed by atoms with E-state index < -0.39 is 5.91 Å². The Morgan fingerprint density at radius 3 is 2.50 bits per heavy atom. The van der Waals surface area contributed by atoms with Crippen LogP contribution in [-0.2, 0) is 0 Å². The van der Waals surface area contributed by atoms with E-state index in [0.717, 1.165) is 9.13 Å². The third kappa shape index (κ3) is 3.16. The number of primary amides is 1. The minimum Gasteiger partial charge on any atom is -0.366 e. The zero-order valence-electron chi connectivity index (χ0n) is 10.8. The van der Waals surface area contributed by atoms with E-state index in [1.807, 2.05) is 19.1 Å². The molecule has 0 aliphatic carbocycles. The summed E-state index contributed by atoms with van der Waals surface area (Å²) in [6.07, 6.45) is 0. The second-order valence-electron chi connectivity index (χ2n) is 4.33. The number of hydrogen-bond donors (Lipinski definition) is 2. The first-order chi connectivity index (χ1) is 9.49. The number of halogens is 1. The summed E-state index contributed by atoms with van der Waals surface area (Å²) in [5, 5.41) is 2.71. The van der Waals surface area contributed by atoms with Crippen LogP contribution in [0.1, 0.15) is 26.3 Å². The van der Waals surface area contributed by atoms with Crippen LogP contribution in [0.2, 0.25) is 0 Å². The van der Waals surface area contributed by atoms with E-state index in [-0.39, 0.29) is 5.91 Å². The molecule has 4 nitrogen and oxygen atoms in total. The number of nitrogens with two attached hydrogens (primary N) is 1. The first-order valence-electron chi connectivity index (χ1n) is 5.95. The molecule has 0 aliphatic rings. The van der Waals surface area contributed by atoms with Crippen LogP contribution in [-0.4, -0.2) is 11.8 Å². The van der Waals surface area contributed by atoms with Crippen molar-refractivity contribution < 1.29 is 9.59 Å². The first kappa shape index (κ1) is 14.5. The molecule has 5 heteroatoms. The van der Waals surface area contributed by atoms with Gasteiger partial charge in [-0.05, 0) is 65.4 Å². The van der Waals surface area contributed by atoms with Crippen LogP contribution in [0.5, 0.6) is 0 Å². The van der Waals surface area contributed by atoms with Gasteiger partial charge in [0.1, 0.15) is 0 Å². The topological polar surface area (TPSA) is 72.2 Å². The Morgan fingerprint density at radius 2 is 1.85 bits per heavy atom. The maximum atomic E-state index is 12.2. The van der Waals surface area contributed by atoms with Gasteiger partial charge >= 0.3 is 0 Å². The van der Waals surface area contributed by atoms with E-state index >= 15 is 0 Å². The van der Waals surface area contributed by atoms with E-state index in [2.05, 4.69) is 27.9 Å². The molecule has 2 aromatic rings. The van der Waals surface area contributed by atoms with Crippen LogP contribution in [0.3, 0.4) is 0 Å². The maximum absolute atomic E-state index is 12.2. The molecule has 20 heavy (non-hydrogen) atoms. The Balaban J connectivity index is 2.28. The van der Waals surface area contributed by atoms with Crippen molar-refractivity contribution in [3.8, 4) is 0 Å². The van der Waals surface area contributed by atoms with E-state index in [0.29, 0.717) is 16.8 Å². The van der Waals surface area contributed by atoms with Crippen molar-refractivity contribution in [3.63, 3.8) is 0 Å². The Kier molecular flexibility index (Phi) is 4.39. The molecule has 0 saturated heterocycles. The smallest absolute Gasteiger partial charge is 0.255 e. The van der Waals surface area contributed by atoms with Gasteiger partial charge in [-0.15, -0.1) is 0 Å². The second-order valence-corrected chi connectivity index (χ2v) is 5.49. The molecule has 2 rings (SSSR count).